The van der Waals surface area contributed by atoms with Gasteiger partial charge in [-0.3, -0.25) is 9.69 Å². The average Bonchev–Trinajstić information content (AvgIpc) is 2.63. The first-order valence-electron chi connectivity index (χ1n) is 8.62. The molecule has 1 amide bonds. The first kappa shape index (κ1) is 15.5. The van der Waals surface area contributed by atoms with Crippen LogP contribution in [0.2, 0.25) is 0 Å². The highest BCUT2D eigenvalue weighted by Gasteiger charge is 2.51. The highest BCUT2D eigenvalue weighted by molar-refractivity contribution is 5.77. The molecule has 1 aromatic rings. The summed E-state index contributed by atoms with van der Waals surface area (Å²) in [7, 11) is 0. The second kappa shape index (κ2) is 6.04. The molecule has 2 fully saturated rings. The van der Waals surface area contributed by atoms with E-state index in [-0.39, 0.29) is 11.4 Å². The van der Waals surface area contributed by atoms with E-state index >= 15 is 0 Å². The minimum Gasteiger partial charge on any atom is -0.349 e. The predicted octanol–water partition coefficient (Wildman–Crippen LogP) is 3.14. The summed E-state index contributed by atoms with van der Waals surface area (Å²) in [6.45, 7) is 6.83. The van der Waals surface area contributed by atoms with E-state index in [1.165, 1.54) is 5.56 Å². The van der Waals surface area contributed by atoms with E-state index in [9.17, 15) is 4.79 Å². The SMILES string of the molecule is CC(C)N1[C@H](Cc2ccccc2)C[C@]2(C)NC(=O)CCC[C@H]12. The zero-order valence-corrected chi connectivity index (χ0v) is 14.0. The summed E-state index contributed by atoms with van der Waals surface area (Å²) in [5.74, 6) is 0.231. The third-order valence-electron chi connectivity index (χ3n) is 5.39. The molecule has 3 nitrogen and oxygen atoms in total. The molecule has 0 spiro atoms. The second-order valence-corrected chi connectivity index (χ2v) is 7.46. The third-order valence-corrected chi connectivity index (χ3v) is 5.39. The van der Waals surface area contributed by atoms with Crippen LogP contribution in [0.25, 0.3) is 0 Å². The van der Waals surface area contributed by atoms with Gasteiger partial charge in [0.15, 0.2) is 0 Å². The van der Waals surface area contributed by atoms with Crippen molar-refractivity contribution in [3.05, 3.63) is 35.9 Å². The molecule has 0 radical (unpaired) electrons. The zero-order valence-electron chi connectivity index (χ0n) is 14.0. The molecule has 0 aliphatic carbocycles. The van der Waals surface area contributed by atoms with Crippen LogP contribution in [0.4, 0.5) is 0 Å². The molecular weight excluding hydrogens is 272 g/mol. The number of amides is 1. The largest absolute Gasteiger partial charge is 0.349 e. The summed E-state index contributed by atoms with van der Waals surface area (Å²) in [6, 6.07) is 12.2. The number of hydrogen-bond acceptors (Lipinski definition) is 2. The minimum absolute atomic E-state index is 0.0721. The maximum atomic E-state index is 12.0. The molecule has 1 N–H and O–H groups in total. The van der Waals surface area contributed by atoms with E-state index in [2.05, 4.69) is 61.3 Å². The summed E-state index contributed by atoms with van der Waals surface area (Å²) in [5, 5.41) is 3.34. The zero-order chi connectivity index (χ0) is 15.7. The Balaban J connectivity index is 1.86. The van der Waals surface area contributed by atoms with Gasteiger partial charge in [-0.15, -0.1) is 0 Å². The molecule has 120 valence electrons. The second-order valence-electron chi connectivity index (χ2n) is 7.46. The van der Waals surface area contributed by atoms with E-state index in [1.54, 1.807) is 0 Å². The van der Waals surface area contributed by atoms with Crippen LogP contribution in [0.5, 0.6) is 0 Å². The van der Waals surface area contributed by atoms with E-state index in [0.717, 1.165) is 25.7 Å². The quantitative estimate of drug-likeness (QED) is 0.930. The first-order chi connectivity index (χ1) is 10.5. The molecule has 3 heteroatoms. The number of benzene rings is 1. The van der Waals surface area contributed by atoms with Gasteiger partial charge in [0.25, 0.3) is 0 Å². The van der Waals surface area contributed by atoms with Crippen LogP contribution in [0.15, 0.2) is 30.3 Å². The standard InChI is InChI=1S/C19H28N2O/c1-14(2)21-16(12-15-8-5-4-6-9-15)13-19(3)17(21)10-7-11-18(22)20-19/h4-6,8-9,14,16-17H,7,10-13H2,1-3H3,(H,20,22)/t16-,17+,19+/m1/s1. The van der Waals surface area contributed by atoms with Crippen molar-refractivity contribution in [3.63, 3.8) is 0 Å². The van der Waals surface area contributed by atoms with Gasteiger partial charge in [0.2, 0.25) is 5.91 Å². The molecule has 2 saturated heterocycles. The van der Waals surface area contributed by atoms with Crippen molar-refractivity contribution in [3.8, 4) is 0 Å². The number of carbonyl (C=O) groups is 1. The molecule has 1 aromatic carbocycles. The lowest BCUT2D eigenvalue weighted by atomic mass is 9.88. The summed E-state index contributed by atoms with van der Waals surface area (Å²) in [6.07, 6.45) is 4.94. The van der Waals surface area contributed by atoms with Crippen molar-refractivity contribution in [2.75, 3.05) is 0 Å². The normalized spacial score (nSPS) is 32.6. The molecule has 2 aliphatic heterocycles. The van der Waals surface area contributed by atoms with Crippen LogP contribution >= 0.6 is 0 Å². The fraction of sp³-hybridized carbons (Fsp3) is 0.632. The Morgan fingerprint density at radius 3 is 2.73 bits per heavy atom. The Kier molecular flexibility index (Phi) is 4.26. The van der Waals surface area contributed by atoms with Gasteiger partial charge in [-0.05, 0) is 52.0 Å². The molecule has 0 bridgehead atoms. The Morgan fingerprint density at radius 2 is 2.05 bits per heavy atom. The van der Waals surface area contributed by atoms with Crippen LogP contribution in [0.3, 0.4) is 0 Å². The van der Waals surface area contributed by atoms with Crippen molar-refractivity contribution >= 4 is 5.91 Å². The number of fused-ring (bicyclic) bond motifs is 1. The Bertz CT molecular complexity index is 527. The highest BCUT2D eigenvalue weighted by atomic mass is 16.1. The fourth-order valence-electron chi connectivity index (χ4n) is 4.60. The number of carbonyl (C=O) groups excluding carboxylic acids is 1. The molecule has 0 aromatic heterocycles. The summed E-state index contributed by atoms with van der Waals surface area (Å²) in [4.78, 5) is 14.7. The monoisotopic (exact) mass is 300 g/mol. The number of likely N-dealkylation sites (tertiary alicyclic amines) is 1. The maximum absolute atomic E-state index is 12.0. The summed E-state index contributed by atoms with van der Waals surface area (Å²) >= 11 is 0. The van der Waals surface area contributed by atoms with Gasteiger partial charge in [-0.25, -0.2) is 0 Å². The topological polar surface area (TPSA) is 32.3 Å². The molecule has 2 aliphatic rings. The average molecular weight is 300 g/mol. The number of nitrogens with one attached hydrogen (secondary N) is 1. The van der Waals surface area contributed by atoms with Crippen molar-refractivity contribution in [1.29, 1.82) is 0 Å². The van der Waals surface area contributed by atoms with E-state index in [1.807, 2.05) is 0 Å². The van der Waals surface area contributed by atoms with Crippen molar-refractivity contribution in [2.45, 2.75) is 76.5 Å². The van der Waals surface area contributed by atoms with E-state index in [0.29, 0.717) is 24.5 Å². The van der Waals surface area contributed by atoms with Gasteiger partial charge in [-0.1, -0.05) is 30.3 Å². The van der Waals surface area contributed by atoms with Gasteiger partial charge in [0.1, 0.15) is 0 Å². The van der Waals surface area contributed by atoms with Crippen LogP contribution < -0.4 is 5.32 Å². The molecule has 22 heavy (non-hydrogen) atoms. The van der Waals surface area contributed by atoms with Gasteiger partial charge < -0.3 is 5.32 Å². The highest BCUT2D eigenvalue weighted by Crippen LogP contribution is 2.40. The number of nitrogens with zero attached hydrogens (tertiary/aromatic N) is 1. The number of hydrogen-bond donors (Lipinski definition) is 1. The van der Waals surface area contributed by atoms with Crippen LogP contribution in [-0.4, -0.2) is 34.5 Å². The van der Waals surface area contributed by atoms with Crippen molar-refractivity contribution in [1.82, 2.24) is 10.2 Å². The van der Waals surface area contributed by atoms with Gasteiger partial charge in [0, 0.05) is 24.5 Å². The molecular formula is C19H28N2O. The Labute approximate surface area is 134 Å². The van der Waals surface area contributed by atoms with Crippen molar-refractivity contribution in [2.24, 2.45) is 0 Å². The van der Waals surface area contributed by atoms with Crippen LogP contribution in [-0.2, 0) is 11.2 Å². The van der Waals surface area contributed by atoms with Gasteiger partial charge in [-0.2, -0.15) is 0 Å². The fourth-order valence-corrected chi connectivity index (χ4v) is 4.60. The Morgan fingerprint density at radius 1 is 1.32 bits per heavy atom. The van der Waals surface area contributed by atoms with E-state index < -0.39 is 0 Å². The third kappa shape index (κ3) is 2.91. The minimum atomic E-state index is -0.0721. The molecule has 0 unspecified atom stereocenters. The molecule has 3 atom stereocenters. The smallest absolute Gasteiger partial charge is 0.220 e. The lowest BCUT2D eigenvalue weighted by Gasteiger charge is -2.37. The van der Waals surface area contributed by atoms with Gasteiger partial charge >= 0.3 is 0 Å². The van der Waals surface area contributed by atoms with Crippen LogP contribution in [0, 0.1) is 0 Å². The van der Waals surface area contributed by atoms with Crippen LogP contribution in [0.1, 0.15) is 52.0 Å². The molecule has 0 saturated carbocycles. The maximum Gasteiger partial charge on any atom is 0.220 e. The first-order valence-corrected chi connectivity index (χ1v) is 8.62. The lowest BCUT2D eigenvalue weighted by molar-refractivity contribution is -0.122. The van der Waals surface area contributed by atoms with Crippen molar-refractivity contribution < 1.29 is 4.79 Å². The predicted molar refractivity (Wildman–Crippen MR) is 89.7 cm³/mol. The summed E-state index contributed by atoms with van der Waals surface area (Å²) in [5.41, 5.74) is 1.32. The number of rotatable bonds is 3. The molecule has 3 rings (SSSR count). The van der Waals surface area contributed by atoms with E-state index in [4.69, 9.17) is 0 Å². The lowest BCUT2D eigenvalue weighted by Crippen LogP contribution is -2.54. The summed E-state index contributed by atoms with van der Waals surface area (Å²) < 4.78 is 0. The Hall–Kier alpha value is -1.35. The van der Waals surface area contributed by atoms with Gasteiger partial charge in [0.05, 0.1) is 5.54 Å². The molecule has 2 heterocycles.